The van der Waals surface area contributed by atoms with Gasteiger partial charge in [0.15, 0.2) is 5.78 Å². The zero-order chi connectivity index (χ0) is 16.1. The molecule has 0 aromatic heterocycles. The highest BCUT2D eigenvalue weighted by molar-refractivity contribution is 6.68. The predicted molar refractivity (Wildman–Crippen MR) is 83.1 cm³/mol. The van der Waals surface area contributed by atoms with E-state index in [1.165, 1.54) is 24.3 Å². The second-order valence-corrected chi connectivity index (χ2v) is 4.71. The van der Waals surface area contributed by atoms with Crippen LogP contribution in [0, 0.1) is 10.1 Å². The van der Waals surface area contributed by atoms with E-state index in [1.807, 2.05) is 0 Å². The molecule has 0 spiro atoms. The lowest BCUT2D eigenvalue weighted by molar-refractivity contribution is -0.384. The number of nitro groups is 1. The number of halogens is 1. The molecule has 0 radical (unpaired) electrons. The van der Waals surface area contributed by atoms with Gasteiger partial charge in [-0.25, -0.2) is 0 Å². The molecule has 0 aliphatic heterocycles. The molecule has 0 saturated heterocycles. The molecule has 2 aromatic carbocycles. The van der Waals surface area contributed by atoms with E-state index >= 15 is 0 Å². The van der Waals surface area contributed by atoms with Crippen molar-refractivity contribution in [2.45, 2.75) is 0 Å². The standard InChI is InChI=1S/C16H10ClNO4/c17-16(20)14-10-13(18(21)22)8-6-11(14)7-9-15(19)12-4-2-1-3-5-12/h1-10H. The van der Waals surface area contributed by atoms with E-state index in [9.17, 15) is 19.7 Å². The Kier molecular flexibility index (Phi) is 4.80. The maximum absolute atomic E-state index is 12.0. The van der Waals surface area contributed by atoms with Crippen LogP contribution >= 0.6 is 11.6 Å². The SMILES string of the molecule is O=C(C=Cc1ccc([N+](=O)[O-])cc1C(=O)Cl)c1ccccc1. The minimum atomic E-state index is -0.824. The topological polar surface area (TPSA) is 77.3 Å². The zero-order valence-electron chi connectivity index (χ0n) is 11.2. The Labute approximate surface area is 131 Å². The van der Waals surface area contributed by atoms with Crippen molar-refractivity contribution in [3.05, 3.63) is 81.4 Å². The summed E-state index contributed by atoms with van der Waals surface area (Å²) in [6.07, 6.45) is 2.70. The summed E-state index contributed by atoms with van der Waals surface area (Å²) in [7, 11) is 0. The molecular formula is C16H10ClNO4. The fraction of sp³-hybridized carbons (Fsp3) is 0. The van der Waals surface area contributed by atoms with Crippen LogP contribution < -0.4 is 0 Å². The molecule has 0 N–H and O–H groups in total. The summed E-state index contributed by atoms with van der Waals surface area (Å²) in [5.74, 6) is -0.244. The summed E-state index contributed by atoms with van der Waals surface area (Å²) in [5.41, 5.74) is 0.581. The number of carbonyl (C=O) groups is 2. The van der Waals surface area contributed by atoms with Gasteiger partial charge in [-0.3, -0.25) is 19.7 Å². The van der Waals surface area contributed by atoms with Crippen molar-refractivity contribution in [1.29, 1.82) is 0 Å². The van der Waals surface area contributed by atoms with Gasteiger partial charge in [0.25, 0.3) is 10.9 Å². The highest BCUT2D eigenvalue weighted by Crippen LogP contribution is 2.21. The van der Waals surface area contributed by atoms with Crippen LogP contribution in [0.5, 0.6) is 0 Å². The summed E-state index contributed by atoms with van der Waals surface area (Å²) in [5, 5.41) is 9.89. The molecule has 0 unspecified atom stereocenters. The lowest BCUT2D eigenvalue weighted by Crippen LogP contribution is -1.98. The minimum absolute atomic E-state index is 0.0204. The maximum atomic E-state index is 12.0. The van der Waals surface area contributed by atoms with Crippen molar-refractivity contribution < 1.29 is 14.5 Å². The number of nitro benzene ring substituents is 1. The number of non-ortho nitro benzene ring substituents is 1. The normalized spacial score (nSPS) is 10.6. The largest absolute Gasteiger partial charge is 0.289 e. The lowest BCUT2D eigenvalue weighted by atomic mass is 10.0. The van der Waals surface area contributed by atoms with E-state index in [-0.39, 0.29) is 17.0 Å². The summed E-state index contributed by atoms with van der Waals surface area (Å²) in [4.78, 5) is 33.4. The van der Waals surface area contributed by atoms with Gasteiger partial charge in [-0.2, -0.15) is 0 Å². The molecule has 2 aromatic rings. The van der Waals surface area contributed by atoms with Crippen molar-refractivity contribution in [1.82, 2.24) is 0 Å². The molecule has 5 nitrogen and oxygen atoms in total. The smallest absolute Gasteiger partial charge is 0.270 e. The Morgan fingerprint density at radius 3 is 2.36 bits per heavy atom. The van der Waals surface area contributed by atoms with Gasteiger partial charge in [0, 0.05) is 23.3 Å². The molecule has 110 valence electrons. The average molecular weight is 316 g/mol. The van der Waals surface area contributed by atoms with E-state index < -0.39 is 10.2 Å². The van der Waals surface area contributed by atoms with Crippen molar-refractivity contribution >= 4 is 34.4 Å². The van der Waals surface area contributed by atoms with Gasteiger partial charge in [0.2, 0.25) is 0 Å². The van der Waals surface area contributed by atoms with Crippen LogP contribution in [0.3, 0.4) is 0 Å². The summed E-state index contributed by atoms with van der Waals surface area (Å²) < 4.78 is 0. The van der Waals surface area contributed by atoms with Gasteiger partial charge in [-0.1, -0.05) is 36.4 Å². The number of ketones is 1. The van der Waals surface area contributed by atoms with Gasteiger partial charge >= 0.3 is 0 Å². The molecule has 0 atom stereocenters. The first-order valence-electron chi connectivity index (χ1n) is 6.25. The minimum Gasteiger partial charge on any atom is -0.289 e. The molecule has 0 bridgehead atoms. The van der Waals surface area contributed by atoms with Crippen LogP contribution in [-0.4, -0.2) is 15.9 Å². The molecular weight excluding hydrogens is 306 g/mol. The Hall–Kier alpha value is -2.79. The predicted octanol–water partition coefficient (Wildman–Crippen LogP) is 3.87. The molecule has 0 heterocycles. The fourth-order valence-electron chi connectivity index (χ4n) is 1.84. The Balaban J connectivity index is 2.33. The first-order chi connectivity index (χ1) is 10.5. The third-order valence-electron chi connectivity index (χ3n) is 2.93. The van der Waals surface area contributed by atoms with Crippen LogP contribution in [0.15, 0.2) is 54.6 Å². The quantitative estimate of drug-likeness (QED) is 0.276. The van der Waals surface area contributed by atoms with Gasteiger partial charge in [0.05, 0.1) is 4.92 Å². The van der Waals surface area contributed by atoms with E-state index in [0.29, 0.717) is 11.1 Å². The second kappa shape index (κ2) is 6.78. The van der Waals surface area contributed by atoms with Crippen molar-refractivity contribution in [2.75, 3.05) is 0 Å². The Morgan fingerprint density at radius 1 is 1.09 bits per heavy atom. The van der Waals surface area contributed by atoms with E-state index in [0.717, 1.165) is 6.07 Å². The molecule has 6 heteroatoms. The Morgan fingerprint density at radius 2 is 1.77 bits per heavy atom. The molecule has 0 aliphatic rings. The lowest BCUT2D eigenvalue weighted by Gasteiger charge is -2.01. The van der Waals surface area contributed by atoms with Gasteiger partial charge < -0.3 is 0 Å². The van der Waals surface area contributed by atoms with Crippen LogP contribution in [-0.2, 0) is 0 Å². The van der Waals surface area contributed by atoms with Crippen molar-refractivity contribution in [3.63, 3.8) is 0 Å². The third-order valence-corrected chi connectivity index (χ3v) is 3.14. The van der Waals surface area contributed by atoms with Gasteiger partial charge in [-0.15, -0.1) is 0 Å². The number of benzene rings is 2. The van der Waals surface area contributed by atoms with E-state index in [1.54, 1.807) is 30.3 Å². The number of allylic oxidation sites excluding steroid dienone is 1. The monoisotopic (exact) mass is 315 g/mol. The fourth-order valence-corrected chi connectivity index (χ4v) is 2.00. The highest BCUT2D eigenvalue weighted by atomic mass is 35.5. The van der Waals surface area contributed by atoms with Crippen molar-refractivity contribution in [2.24, 2.45) is 0 Å². The molecule has 0 amide bonds. The number of hydrogen-bond donors (Lipinski definition) is 0. The second-order valence-electron chi connectivity index (χ2n) is 4.37. The molecule has 0 aliphatic carbocycles. The summed E-state index contributed by atoms with van der Waals surface area (Å²) in [6.45, 7) is 0. The number of carbonyl (C=O) groups excluding carboxylic acids is 2. The number of hydrogen-bond acceptors (Lipinski definition) is 4. The van der Waals surface area contributed by atoms with Gasteiger partial charge in [0.1, 0.15) is 0 Å². The highest BCUT2D eigenvalue weighted by Gasteiger charge is 2.14. The molecule has 0 saturated carbocycles. The van der Waals surface area contributed by atoms with Gasteiger partial charge in [-0.05, 0) is 29.3 Å². The van der Waals surface area contributed by atoms with Crippen LogP contribution in [0.2, 0.25) is 0 Å². The number of nitrogens with zero attached hydrogens (tertiary/aromatic N) is 1. The van der Waals surface area contributed by atoms with Crippen LogP contribution in [0.4, 0.5) is 5.69 Å². The average Bonchev–Trinajstić information content (AvgIpc) is 2.53. The first-order valence-corrected chi connectivity index (χ1v) is 6.62. The van der Waals surface area contributed by atoms with Crippen LogP contribution in [0.25, 0.3) is 6.08 Å². The maximum Gasteiger partial charge on any atom is 0.270 e. The van der Waals surface area contributed by atoms with E-state index in [2.05, 4.69) is 0 Å². The summed E-state index contributed by atoms with van der Waals surface area (Å²) in [6, 6.07) is 12.3. The Bertz CT molecular complexity index is 769. The molecule has 22 heavy (non-hydrogen) atoms. The third kappa shape index (κ3) is 3.65. The van der Waals surface area contributed by atoms with Crippen LogP contribution in [0.1, 0.15) is 26.3 Å². The number of rotatable bonds is 5. The van der Waals surface area contributed by atoms with E-state index in [4.69, 9.17) is 11.6 Å². The molecule has 0 fully saturated rings. The zero-order valence-corrected chi connectivity index (χ0v) is 12.0. The van der Waals surface area contributed by atoms with Crippen molar-refractivity contribution in [3.8, 4) is 0 Å². The molecule has 2 rings (SSSR count). The summed E-state index contributed by atoms with van der Waals surface area (Å²) >= 11 is 5.44. The first kappa shape index (κ1) is 15.6.